The number of rotatable bonds is 11. The molecule has 196 valence electrons. The minimum atomic E-state index is -1.40. The summed E-state index contributed by atoms with van der Waals surface area (Å²) in [6.45, 7) is -0.126. The van der Waals surface area contributed by atoms with E-state index in [4.69, 9.17) is 10.8 Å². The molecule has 1 aliphatic rings. The van der Waals surface area contributed by atoms with Gasteiger partial charge in [-0.15, -0.1) is 9.81 Å². The molecule has 1 aliphatic heterocycles. The largest absolute Gasteiger partial charge is 0.481 e. The zero-order chi connectivity index (χ0) is 27.3. The predicted molar refractivity (Wildman–Crippen MR) is 130 cm³/mol. The van der Waals surface area contributed by atoms with Crippen LogP contribution in [0.4, 0.5) is 23.1 Å². The molecule has 17 heteroatoms. The monoisotopic (exact) mass is 517 g/mol. The van der Waals surface area contributed by atoms with E-state index >= 15 is 0 Å². The van der Waals surface area contributed by atoms with Crippen LogP contribution in [0, 0.1) is 9.81 Å². The van der Waals surface area contributed by atoms with Crippen LogP contribution in [0.1, 0.15) is 23.2 Å². The van der Waals surface area contributed by atoms with Crippen molar-refractivity contribution < 1.29 is 24.6 Å². The fourth-order valence-corrected chi connectivity index (χ4v) is 3.75. The van der Waals surface area contributed by atoms with Crippen LogP contribution in [0.2, 0.25) is 0 Å². The van der Waals surface area contributed by atoms with E-state index in [1.165, 1.54) is 29.2 Å². The number of aromatic nitrogens is 2. The number of anilines is 4. The maximum atomic E-state index is 12.4. The molecule has 1 aromatic carbocycles. The number of benzene rings is 1. The third-order valence-electron chi connectivity index (χ3n) is 5.68. The van der Waals surface area contributed by atoms with E-state index in [0.29, 0.717) is 0 Å². The van der Waals surface area contributed by atoms with Crippen LogP contribution in [0.25, 0.3) is 0 Å². The second-order valence-corrected chi connectivity index (χ2v) is 8.06. The average molecular weight is 517 g/mol. The summed E-state index contributed by atoms with van der Waals surface area (Å²) in [5.74, 6) is -3.55. The molecule has 17 nitrogen and oxygen atoms in total. The molecule has 2 atom stereocenters. The summed E-state index contributed by atoms with van der Waals surface area (Å²) in [5.41, 5.74) is 5.31. The summed E-state index contributed by atoms with van der Waals surface area (Å²) < 4.78 is 0. The Balaban J connectivity index is 1.75. The number of nitrogens with zero attached hydrogens (tertiary/aromatic N) is 6. The fourth-order valence-electron chi connectivity index (χ4n) is 3.75. The Labute approximate surface area is 207 Å². The molecule has 1 aromatic heterocycles. The Bertz CT molecular complexity index is 1270. The summed E-state index contributed by atoms with van der Waals surface area (Å²) in [6.07, 6.45) is -0.740. The van der Waals surface area contributed by atoms with Crippen molar-refractivity contribution in [3.05, 3.63) is 50.0 Å². The highest BCUT2D eigenvalue weighted by Crippen LogP contribution is 2.31. The zero-order valence-corrected chi connectivity index (χ0v) is 19.4. The number of carbonyl (C=O) groups is 3. The number of aromatic amines is 1. The van der Waals surface area contributed by atoms with Crippen molar-refractivity contribution in [3.63, 3.8) is 0 Å². The highest BCUT2D eigenvalue weighted by molar-refractivity contribution is 5.97. The maximum Gasteiger partial charge on any atom is 0.326 e. The number of fused-ring (bicyclic) bond motifs is 1. The number of nitroso groups, excluding NO2 is 2. The van der Waals surface area contributed by atoms with Gasteiger partial charge in [0.1, 0.15) is 11.7 Å². The van der Waals surface area contributed by atoms with Crippen molar-refractivity contribution in [2.24, 2.45) is 10.6 Å². The molecule has 0 radical (unpaired) electrons. The lowest BCUT2D eigenvalue weighted by Crippen LogP contribution is -2.52. The summed E-state index contributed by atoms with van der Waals surface area (Å²) >= 11 is 0. The van der Waals surface area contributed by atoms with Gasteiger partial charge in [-0.05, 0) is 30.7 Å². The second-order valence-electron chi connectivity index (χ2n) is 8.06. The number of H-pyrrole nitrogens is 1. The van der Waals surface area contributed by atoms with Crippen LogP contribution in [0.5, 0.6) is 0 Å². The molecule has 2 heterocycles. The van der Waals surface area contributed by atoms with E-state index in [1.807, 2.05) is 0 Å². The number of nitrogen functional groups attached to an aromatic ring is 1. The SMILES string of the molecule is CN1c2c(nc(N)[nH]c2=O)N(N=O)C[C@@H]1CN(N=O)c1ccc(C(=O)N[C@@H](CCC(=O)O)C(=O)O)cc1. The molecule has 3 rings (SSSR count). The van der Waals surface area contributed by atoms with Gasteiger partial charge in [0.15, 0.2) is 5.82 Å². The Hall–Kier alpha value is -5.09. The smallest absolute Gasteiger partial charge is 0.326 e. The Kier molecular flexibility index (Phi) is 7.95. The topological polar surface area (TPSA) is 244 Å². The van der Waals surface area contributed by atoms with Crippen molar-refractivity contribution in [1.29, 1.82) is 0 Å². The summed E-state index contributed by atoms with van der Waals surface area (Å²) in [4.78, 5) is 77.7. The third kappa shape index (κ3) is 5.95. The number of carboxylic acid groups (broad SMARTS) is 2. The number of aliphatic carboxylic acids is 2. The molecule has 37 heavy (non-hydrogen) atoms. The first-order valence-electron chi connectivity index (χ1n) is 10.8. The van der Waals surface area contributed by atoms with Gasteiger partial charge >= 0.3 is 11.9 Å². The van der Waals surface area contributed by atoms with Crippen molar-refractivity contribution in [2.75, 3.05) is 40.8 Å². The first-order chi connectivity index (χ1) is 17.5. The molecule has 0 spiro atoms. The second kappa shape index (κ2) is 11.1. The first-order valence-corrected chi connectivity index (χ1v) is 10.8. The number of nitrogens with one attached hydrogen (secondary N) is 2. The molecule has 0 fully saturated rings. The zero-order valence-electron chi connectivity index (χ0n) is 19.4. The van der Waals surface area contributed by atoms with Crippen molar-refractivity contribution in [3.8, 4) is 0 Å². The molecular weight excluding hydrogens is 494 g/mol. The van der Waals surface area contributed by atoms with Crippen LogP contribution in [0.3, 0.4) is 0 Å². The lowest BCUT2D eigenvalue weighted by Gasteiger charge is -2.38. The summed E-state index contributed by atoms with van der Waals surface area (Å²) in [6, 6.07) is 3.42. The van der Waals surface area contributed by atoms with Gasteiger partial charge in [0.05, 0.1) is 35.4 Å². The maximum absolute atomic E-state index is 12.4. The number of hydrogen-bond donors (Lipinski definition) is 5. The van der Waals surface area contributed by atoms with Gasteiger partial charge < -0.3 is 26.2 Å². The van der Waals surface area contributed by atoms with Gasteiger partial charge in [-0.1, -0.05) is 0 Å². The number of likely N-dealkylation sites (N-methyl/N-ethyl adjacent to an activating group) is 1. The highest BCUT2D eigenvalue weighted by atomic mass is 16.4. The van der Waals surface area contributed by atoms with Crippen LogP contribution in [-0.4, -0.2) is 70.2 Å². The number of carboxylic acids is 2. The average Bonchev–Trinajstić information content (AvgIpc) is 2.85. The summed E-state index contributed by atoms with van der Waals surface area (Å²) in [7, 11) is 1.57. The van der Waals surface area contributed by atoms with Gasteiger partial charge in [0.25, 0.3) is 11.5 Å². The predicted octanol–water partition coefficient (Wildman–Crippen LogP) is -0.106. The molecule has 0 saturated heterocycles. The Morgan fingerprint density at radius 3 is 2.51 bits per heavy atom. The number of nitrogens with two attached hydrogens (primary N) is 1. The van der Waals surface area contributed by atoms with E-state index in [-0.39, 0.29) is 48.2 Å². The lowest BCUT2D eigenvalue weighted by molar-refractivity contribution is -0.140. The van der Waals surface area contributed by atoms with E-state index in [9.17, 15) is 34.1 Å². The molecule has 0 saturated carbocycles. The van der Waals surface area contributed by atoms with Gasteiger partial charge in [-0.3, -0.25) is 19.4 Å². The minimum Gasteiger partial charge on any atom is -0.481 e. The minimum absolute atomic E-state index is 0.0267. The highest BCUT2D eigenvalue weighted by Gasteiger charge is 2.35. The van der Waals surface area contributed by atoms with Crippen molar-refractivity contribution in [2.45, 2.75) is 24.9 Å². The lowest BCUT2D eigenvalue weighted by atomic mass is 10.1. The number of carbonyl (C=O) groups excluding carboxylic acids is 1. The quantitative estimate of drug-likeness (QED) is 0.193. The molecule has 0 bridgehead atoms. The van der Waals surface area contributed by atoms with E-state index in [0.717, 1.165) is 10.0 Å². The molecule has 0 unspecified atom stereocenters. The van der Waals surface area contributed by atoms with Crippen LogP contribution < -0.4 is 31.5 Å². The standard InChI is InChI=1S/C20H23N9O8/c1-27-12(9-29(26-37)16-15(27)18(33)24-20(21)23-16)8-28(25-36)11-4-2-10(3-5-11)17(32)22-13(19(34)35)6-7-14(30)31/h2-5,12-13H,6-9H2,1H3,(H,22,32)(H,30,31)(H,34,35)(H3,21,23,24,33)/t12-,13-/m0/s1. The number of hydrogen-bond acceptors (Lipinski definition) is 11. The fraction of sp³-hybridized carbons (Fsp3) is 0.350. The molecule has 0 aliphatic carbocycles. The van der Waals surface area contributed by atoms with Crippen LogP contribution in [0.15, 0.2) is 39.6 Å². The van der Waals surface area contributed by atoms with Crippen LogP contribution in [-0.2, 0) is 9.59 Å². The molecule has 2 aromatic rings. The normalized spacial score (nSPS) is 15.3. The first kappa shape index (κ1) is 26.5. The molecule has 6 N–H and O–H groups in total. The number of amides is 1. The van der Waals surface area contributed by atoms with Gasteiger partial charge in [0.2, 0.25) is 5.95 Å². The Morgan fingerprint density at radius 1 is 1.27 bits per heavy atom. The van der Waals surface area contributed by atoms with Gasteiger partial charge in [-0.25, -0.2) is 14.8 Å². The molecular formula is C20H23N9O8. The van der Waals surface area contributed by atoms with Gasteiger partial charge in [-0.2, -0.15) is 4.98 Å². The Morgan fingerprint density at radius 2 is 1.95 bits per heavy atom. The van der Waals surface area contributed by atoms with Crippen molar-refractivity contribution in [1.82, 2.24) is 15.3 Å². The van der Waals surface area contributed by atoms with E-state index < -0.39 is 41.9 Å². The summed E-state index contributed by atoms with van der Waals surface area (Å²) in [5, 5.41) is 28.1. The van der Waals surface area contributed by atoms with Crippen LogP contribution >= 0.6 is 0 Å². The van der Waals surface area contributed by atoms with Gasteiger partial charge in [0, 0.05) is 19.0 Å². The third-order valence-corrected chi connectivity index (χ3v) is 5.68. The molecule has 1 amide bonds. The van der Waals surface area contributed by atoms with Crippen molar-refractivity contribution >= 4 is 41.0 Å². The van der Waals surface area contributed by atoms with E-state index in [2.05, 4.69) is 25.9 Å². The van der Waals surface area contributed by atoms with E-state index in [1.54, 1.807) is 7.05 Å².